The minimum atomic E-state index is -0.738. The number of hydrogen-bond donors (Lipinski definition) is 1. The summed E-state index contributed by atoms with van der Waals surface area (Å²) in [4.78, 5) is 10.5. The van der Waals surface area contributed by atoms with Crippen molar-refractivity contribution < 1.29 is 9.90 Å². The first-order chi connectivity index (χ1) is 8.66. The van der Waals surface area contributed by atoms with Crippen LogP contribution in [0.5, 0.6) is 0 Å². The van der Waals surface area contributed by atoms with Crippen LogP contribution in [0.1, 0.15) is 50.2 Å². The van der Waals surface area contributed by atoms with Gasteiger partial charge in [-0.3, -0.25) is 4.79 Å². The zero-order valence-electron chi connectivity index (χ0n) is 10.9. The van der Waals surface area contributed by atoms with Gasteiger partial charge in [0.25, 0.3) is 0 Å². The van der Waals surface area contributed by atoms with Gasteiger partial charge in [0.1, 0.15) is 11.6 Å². The number of aryl methyl sites for hydroxylation is 1. The van der Waals surface area contributed by atoms with Crippen LogP contribution in [0.3, 0.4) is 0 Å². The van der Waals surface area contributed by atoms with Gasteiger partial charge < -0.3 is 9.67 Å². The van der Waals surface area contributed by atoms with Crippen LogP contribution < -0.4 is 0 Å². The van der Waals surface area contributed by atoms with Gasteiger partial charge in [-0.05, 0) is 19.3 Å². The molecule has 100 valence electrons. The maximum absolute atomic E-state index is 10.5. The van der Waals surface area contributed by atoms with Crippen molar-refractivity contribution in [2.24, 2.45) is 5.92 Å². The van der Waals surface area contributed by atoms with Crippen molar-refractivity contribution in [1.29, 1.82) is 0 Å². The van der Waals surface area contributed by atoms with Crippen LogP contribution in [0.2, 0.25) is 0 Å². The van der Waals surface area contributed by atoms with E-state index in [-0.39, 0.29) is 6.42 Å². The summed E-state index contributed by atoms with van der Waals surface area (Å²) in [5.41, 5.74) is 0. The van der Waals surface area contributed by atoms with Crippen molar-refractivity contribution in [2.45, 2.75) is 58.4 Å². The Balaban J connectivity index is 1.94. The molecule has 0 spiro atoms. The first-order valence-electron chi connectivity index (χ1n) is 6.77. The van der Waals surface area contributed by atoms with Crippen molar-refractivity contribution in [3.8, 4) is 0 Å². The summed E-state index contributed by atoms with van der Waals surface area (Å²) in [6.07, 6.45) is 7.09. The summed E-state index contributed by atoms with van der Waals surface area (Å²) in [5.74, 6) is 1.93. The lowest BCUT2D eigenvalue weighted by Crippen LogP contribution is -2.11. The molecule has 2 rings (SSSR count). The molecule has 1 aliphatic carbocycles. The van der Waals surface area contributed by atoms with Gasteiger partial charge in [0.05, 0.1) is 0 Å². The monoisotopic (exact) mass is 251 g/mol. The zero-order valence-corrected chi connectivity index (χ0v) is 10.9. The van der Waals surface area contributed by atoms with E-state index in [9.17, 15) is 4.79 Å². The predicted molar refractivity (Wildman–Crippen MR) is 67.3 cm³/mol. The maximum Gasteiger partial charge on any atom is 0.303 e. The lowest BCUT2D eigenvalue weighted by molar-refractivity contribution is -0.137. The van der Waals surface area contributed by atoms with Crippen LogP contribution in [-0.4, -0.2) is 25.8 Å². The van der Waals surface area contributed by atoms with Gasteiger partial charge in [0.2, 0.25) is 0 Å². The molecule has 1 saturated carbocycles. The van der Waals surface area contributed by atoms with E-state index in [1.807, 2.05) is 6.92 Å². The fourth-order valence-electron chi connectivity index (χ4n) is 2.73. The number of rotatable bonds is 6. The molecule has 1 aromatic heterocycles. The van der Waals surface area contributed by atoms with E-state index in [1.165, 1.54) is 25.7 Å². The number of nitrogens with zero attached hydrogens (tertiary/aromatic N) is 3. The molecule has 5 nitrogen and oxygen atoms in total. The molecule has 0 atom stereocenters. The topological polar surface area (TPSA) is 68.0 Å². The van der Waals surface area contributed by atoms with Crippen LogP contribution in [-0.2, 0) is 17.8 Å². The highest BCUT2D eigenvalue weighted by Crippen LogP contribution is 2.27. The molecular formula is C13H21N3O2. The third-order valence-corrected chi connectivity index (χ3v) is 3.73. The van der Waals surface area contributed by atoms with Crippen LogP contribution >= 0.6 is 0 Å². The second kappa shape index (κ2) is 5.98. The third-order valence-electron chi connectivity index (χ3n) is 3.73. The molecule has 1 aromatic rings. The van der Waals surface area contributed by atoms with Gasteiger partial charge in [-0.2, -0.15) is 0 Å². The van der Waals surface area contributed by atoms with Crippen molar-refractivity contribution in [1.82, 2.24) is 14.8 Å². The molecule has 1 aliphatic rings. The summed E-state index contributed by atoms with van der Waals surface area (Å²) >= 11 is 0. The summed E-state index contributed by atoms with van der Waals surface area (Å²) in [5, 5.41) is 17.0. The molecule has 0 aromatic carbocycles. The molecule has 18 heavy (non-hydrogen) atoms. The minimum absolute atomic E-state index is 0.209. The quantitative estimate of drug-likeness (QED) is 0.841. The second-order valence-electron chi connectivity index (χ2n) is 5.17. The molecular weight excluding hydrogens is 230 g/mol. The van der Waals surface area contributed by atoms with E-state index in [4.69, 9.17) is 5.11 Å². The van der Waals surface area contributed by atoms with E-state index < -0.39 is 5.97 Å². The molecule has 1 heterocycles. The number of aromatic nitrogens is 3. The van der Waals surface area contributed by atoms with E-state index >= 15 is 0 Å². The van der Waals surface area contributed by atoms with Crippen molar-refractivity contribution in [3.05, 3.63) is 11.6 Å². The number of aliphatic carboxylic acids is 1. The van der Waals surface area contributed by atoms with Gasteiger partial charge in [0, 0.05) is 19.4 Å². The van der Waals surface area contributed by atoms with E-state index in [0.29, 0.717) is 13.0 Å². The highest BCUT2D eigenvalue weighted by Gasteiger charge is 2.19. The Morgan fingerprint density at radius 2 is 2.11 bits per heavy atom. The Hall–Kier alpha value is -1.39. The van der Waals surface area contributed by atoms with Gasteiger partial charge in [-0.25, -0.2) is 0 Å². The molecule has 0 unspecified atom stereocenters. The van der Waals surface area contributed by atoms with Crippen molar-refractivity contribution >= 4 is 5.97 Å². The van der Waals surface area contributed by atoms with Crippen LogP contribution in [0.15, 0.2) is 0 Å². The molecule has 1 N–H and O–H groups in total. The van der Waals surface area contributed by atoms with E-state index in [0.717, 1.165) is 24.0 Å². The number of carboxylic acids is 1. The van der Waals surface area contributed by atoms with Gasteiger partial charge in [-0.1, -0.05) is 25.7 Å². The molecule has 0 bridgehead atoms. The van der Waals surface area contributed by atoms with Gasteiger partial charge in [0.15, 0.2) is 0 Å². The van der Waals surface area contributed by atoms with Crippen molar-refractivity contribution in [3.63, 3.8) is 0 Å². The summed E-state index contributed by atoms with van der Waals surface area (Å²) in [6, 6.07) is 0. The Morgan fingerprint density at radius 3 is 2.78 bits per heavy atom. The fraction of sp³-hybridized carbons (Fsp3) is 0.769. The van der Waals surface area contributed by atoms with Gasteiger partial charge >= 0.3 is 5.97 Å². The largest absolute Gasteiger partial charge is 0.481 e. The standard InChI is InChI=1S/C13H21N3O2/c1-10-14-15-12(9-11-5-2-3-6-11)16(10)8-4-7-13(17)18/h11H,2-9H2,1H3,(H,17,18). The van der Waals surface area contributed by atoms with Crippen molar-refractivity contribution in [2.75, 3.05) is 0 Å². The lowest BCUT2D eigenvalue weighted by Gasteiger charge is -2.11. The SMILES string of the molecule is Cc1nnc(CC2CCCC2)n1CCCC(=O)O. The van der Waals surface area contributed by atoms with Crippen LogP contribution in [0, 0.1) is 12.8 Å². The number of carbonyl (C=O) groups is 1. The zero-order chi connectivity index (χ0) is 13.0. The summed E-state index contributed by atoms with van der Waals surface area (Å²) in [7, 11) is 0. The average molecular weight is 251 g/mol. The first kappa shape index (κ1) is 13.1. The molecule has 0 radical (unpaired) electrons. The smallest absolute Gasteiger partial charge is 0.303 e. The lowest BCUT2D eigenvalue weighted by atomic mass is 10.0. The van der Waals surface area contributed by atoms with Crippen LogP contribution in [0.25, 0.3) is 0 Å². The molecule has 0 saturated heterocycles. The second-order valence-corrected chi connectivity index (χ2v) is 5.17. The molecule has 5 heteroatoms. The molecule has 0 aliphatic heterocycles. The average Bonchev–Trinajstić information content (AvgIpc) is 2.92. The summed E-state index contributed by atoms with van der Waals surface area (Å²) < 4.78 is 2.08. The highest BCUT2D eigenvalue weighted by molar-refractivity contribution is 5.66. The van der Waals surface area contributed by atoms with Crippen LogP contribution in [0.4, 0.5) is 0 Å². The normalized spacial score (nSPS) is 16.3. The number of carboxylic acid groups (broad SMARTS) is 1. The fourth-order valence-corrected chi connectivity index (χ4v) is 2.73. The predicted octanol–water partition coefficient (Wildman–Crippen LogP) is 2.18. The number of hydrogen-bond acceptors (Lipinski definition) is 3. The van der Waals surface area contributed by atoms with E-state index in [1.54, 1.807) is 0 Å². The summed E-state index contributed by atoms with van der Waals surface area (Å²) in [6.45, 7) is 2.65. The Bertz CT molecular complexity index is 408. The van der Waals surface area contributed by atoms with Gasteiger partial charge in [-0.15, -0.1) is 10.2 Å². The third kappa shape index (κ3) is 3.31. The maximum atomic E-state index is 10.5. The minimum Gasteiger partial charge on any atom is -0.481 e. The van der Waals surface area contributed by atoms with E-state index in [2.05, 4.69) is 14.8 Å². The Labute approximate surface area is 107 Å². The Morgan fingerprint density at radius 1 is 1.39 bits per heavy atom. The highest BCUT2D eigenvalue weighted by atomic mass is 16.4. The molecule has 0 amide bonds. The molecule has 1 fully saturated rings. The first-order valence-corrected chi connectivity index (χ1v) is 6.77. The Kier molecular flexibility index (Phi) is 4.33.